The van der Waals surface area contributed by atoms with E-state index in [0.717, 1.165) is 11.1 Å². The van der Waals surface area contributed by atoms with E-state index in [1.165, 1.54) is 12.3 Å². The Balaban J connectivity index is 1.53. The molecule has 2 aromatic carbocycles. The van der Waals surface area contributed by atoms with E-state index in [1.807, 2.05) is 54.6 Å². The fourth-order valence-corrected chi connectivity index (χ4v) is 2.60. The van der Waals surface area contributed by atoms with Gasteiger partial charge in [0, 0.05) is 6.42 Å². The summed E-state index contributed by atoms with van der Waals surface area (Å²) >= 11 is 0. The fraction of sp³-hybridized carbons (Fsp3) is 0.143. The number of hydrazine groups is 1. The van der Waals surface area contributed by atoms with Crippen LogP contribution in [0.15, 0.2) is 71.3 Å². The van der Waals surface area contributed by atoms with Crippen molar-refractivity contribution in [3.8, 4) is 5.75 Å². The molecule has 27 heavy (non-hydrogen) atoms. The second-order valence-corrected chi connectivity index (χ2v) is 5.95. The molecule has 0 aliphatic rings. The van der Waals surface area contributed by atoms with Crippen molar-refractivity contribution < 1.29 is 18.7 Å². The average Bonchev–Trinajstić information content (AvgIpc) is 3.12. The molecule has 0 atom stereocenters. The Hall–Kier alpha value is -3.54. The molecule has 0 bridgehead atoms. The number of hydrogen-bond donors (Lipinski definition) is 2. The molecular formula is C21H20N2O4. The first-order valence-electron chi connectivity index (χ1n) is 8.51. The van der Waals surface area contributed by atoms with Crippen LogP contribution in [-0.4, -0.2) is 18.4 Å². The van der Waals surface area contributed by atoms with Crippen LogP contribution in [-0.2, 0) is 11.2 Å². The van der Waals surface area contributed by atoms with E-state index in [1.54, 1.807) is 6.92 Å². The summed E-state index contributed by atoms with van der Waals surface area (Å²) in [4.78, 5) is 23.9. The van der Waals surface area contributed by atoms with Crippen LogP contribution in [0.5, 0.6) is 5.75 Å². The molecule has 0 aliphatic carbocycles. The minimum atomic E-state index is -0.459. The van der Waals surface area contributed by atoms with Crippen molar-refractivity contribution in [2.24, 2.45) is 0 Å². The van der Waals surface area contributed by atoms with E-state index in [9.17, 15) is 9.59 Å². The number of carbonyl (C=O) groups is 2. The predicted molar refractivity (Wildman–Crippen MR) is 100 cm³/mol. The monoisotopic (exact) mass is 364 g/mol. The van der Waals surface area contributed by atoms with E-state index in [4.69, 9.17) is 9.15 Å². The lowest BCUT2D eigenvalue weighted by molar-refractivity contribution is -0.123. The summed E-state index contributed by atoms with van der Waals surface area (Å²) in [6.07, 6.45) is 2.12. The standard InChI is InChI=1S/C21H20N2O4/c1-15-18(11-12-26-15)21(25)23-22-20(24)14-27-19-10-6-5-9-17(19)13-16-7-3-2-4-8-16/h2-12H,13-14H2,1H3,(H,22,24)(H,23,25). The second-order valence-electron chi connectivity index (χ2n) is 5.95. The Kier molecular flexibility index (Phi) is 5.89. The lowest BCUT2D eigenvalue weighted by Crippen LogP contribution is -2.43. The van der Waals surface area contributed by atoms with Gasteiger partial charge in [0.15, 0.2) is 6.61 Å². The molecule has 0 saturated carbocycles. The van der Waals surface area contributed by atoms with Gasteiger partial charge in [0.25, 0.3) is 11.8 Å². The normalized spacial score (nSPS) is 10.3. The lowest BCUT2D eigenvalue weighted by atomic mass is 10.0. The smallest absolute Gasteiger partial charge is 0.276 e. The van der Waals surface area contributed by atoms with Crippen LogP contribution < -0.4 is 15.6 Å². The van der Waals surface area contributed by atoms with E-state index in [2.05, 4.69) is 10.9 Å². The number of ether oxygens (including phenoxy) is 1. The molecule has 2 N–H and O–H groups in total. The third-order valence-electron chi connectivity index (χ3n) is 3.99. The zero-order valence-electron chi connectivity index (χ0n) is 14.9. The van der Waals surface area contributed by atoms with Gasteiger partial charge in [0.1, 0.15) is 11.5 Å². The highest BCUT2D eigenvalue weighted by atomic mass is 16.5. The van der Waals surface area contributed by atoms with Gasteiger partial charge < -0.3 is 9.15 Å². The molecule has 0 fully saturated rings. The summed E-state index contributed by atoms with van der Waals surface area (Å²) in [6.45, 7) is 1.46. The molecule has 1 aromatic heterocycles. The van der Waals surface area contributed by atoms with Crippen LogP contribution in [0.1, 0.15) is 27.2 Å². The van der Waals surface area contributed by atoms with E-state index in [0.29, 0.717) is 23.5 Å². The highest BCUT2D eigenvalue weighted by Crippen LogP contribution is 2.21. The number of furan rings is 1. The Morgan fingerprint density at radius 1 is 0.963 bits per heavy atom. The zero-order chi connectivity index (χ0) is 19.1. The Labute approximate surface area is 157 Å². The number of rotatable bonds is 6. The molecule has 6 heteroatoms. The first-order chi connectivity index (χ1) is 13.1. The molecule has 3 aromatic rings. The molecule has 0 aliphatic heterocycles. The average molecular weight is 364 g/mol. The molecule has 0 radical (unpaired) electrons. The number of amides is 2. The number of benzene rings is 2. The summed E-state index contributed by atoms with van der Waals surface area (Å²) in [6, 6.07) is 19.1. The summed E-state index contributed by atoms with van der Waals surface area (Å²) in [5.41, 5.74) is 7.17. The number of para-hydroxylation sites is 1. The van der Waals surface area contributed by atoms with Crippen LogP contribution in [0, 0.1) is 6.92 Å². The van der Waals surface area contributed by atoms with Crippen molar-refractivity contribution in [2.45, 2.75) is 13.3 Å². The minimum Gasteiger partial charge on any atom is -0.483 e. The third kappa shape index (κ3) is 4.98. The van der Waals surface area contributed by atoms with Gasteiger partial charge in [-0.15, -0.1) is 0 Å². The first kappa shape index (κ1) is 18.3. The largest absolute Gasteiger partial charge is 0.483 e. The fourth-order valence-electron chi connectivity index (χ4n) is 2.60. The zero-order valence-corrected chi connectivity index (χ0v) is 14.9. The molecule has 2 amide bonds. The van der Waals surface area contributed by atoms with Gasteiger partial charge in [0.2, 0.25) is 0 Å². The van der Waals surface area contributed by atoms with Crippen LogP contribution in [0.2, 0.25) is 0 Å². The second kappa shape index (κ2) is 8.71. The van der Waals surface area contributed by atoms with Crippen molar-refractivity contribution in [3.63, 3.8) is 0 Å². The van der Waals surface area contributed by atoms with Gasteiger partial charge in [-0.1, -0.05) is 48.5 Å². The molecule has 1 heterocycles. The highest BCUT2D eigenvalue weighted by Gasteiger charge is 2.13. The third-order valence-corrected chi connectivity index (χ3v) is 3.99. The Morgan fingerprint density at radius 2 is 1.70 bits per heavy atom. The van der Waals surface area contributed by atoms with Crippen molar-refractivity contribution >= 4 is 11.8 Å². The number of nitrogens with one attached hydrogen (secondary N) is 2. The van der Waals surface area contributed by atoms with Gasteiger partial charge in [-0.25, -0.2) is 0 Å². The summed E-state index contributed by atoms with van der Waals surface area (Å²) in [7, 11) is 0. The molecule has 3 rings (SSSR count). The quantitative estimate of drug-likeness (QED) is 0.659. The highest BCUT2D eigenvalue weighted by molar-refractivity contribution is 5.96. The van der Waals surface area contributed by atoms with Crippen LogP contribution >= 0.6 is 0 Å². The van der Waals surface area contributed by atoms with Gasteiger partial charge in [0.05, 0.1) is 11.8 Å². The topological polar surface area (TPSA) is 80.6 Å². The minimum absolute atomic E-state index is 0.212. The summed E-state index contributed by atoms with van der Waals surface area (Å²) < 4.78 is 10.7. The van der Waals surface area contributed by atoms with Crippen LogP contribution in [0.3, 0.4) is 0 Å². The maximum Gasteiger partial charge on any atom is 0.276 e. The molecule has 0 spiro atoms. The van der Waals surface area contributed by atoms with Gasteiger partial charge >= 0.3 is 0 Å². The number of hydrogen-bond acceptors (Lipinski definition) is 4. The van der Waals surface area contributed by atoms with Crippen molar-refractivity contribution in [1.29, 1.82) is 0 Å². The molecule has 6 nitrogen and oxygen atoms in total. The van der Waals surface area contributed by atoms with Crippen LogP contribution in [0.4, 0.5) is 0 Å². The first-order valence-corrected chi connectivity index (χ1v) is 8.51. The van der Waals surface area contributed by atoms with E-state index in [-0.39, 0.29) is 6.61 Å². The van der Waals surface area contributed by atoms with Crippen LogP contribution in [0.25, 0.3) is 0 Å². The van der Waals surface area contributed by atoms with Crippen molar-refractivity contribution in [3.05, 3.63) is 89.4 Å². The van der Waals surface area contributed by atoms with Gasteiger partial charge in [-0.05, 0) is 30.2 Å². The predicted octanol–water partition coefficient (Wildman–Crippen LogP) is 3.02. The SMILES string of the molecule is Cc1occc1C(=O)NNC(=O)COc1ccccc1Cc1ccccc1. The molecule has 0 saturated heterocycles. The lowest BCUT2D eigenvalue weighted by Gasteiger charge is -2.12. The molecular weight excluding hydrogens is 344 g/mol. The molecule has 0 unspecified atom stereocenters. The van der Waals surface area contributed by atoms with E-state index >= 15 is 0 Å². The Morgan fingerprint density at radius 3 is 2.44 bits per heavy atom. The number of carbonyl (C=O) groups excluding carboxylic acids is 2. The maximum absolute atomic E-state index is 12.0. The van der Waals surface area contributed by atoms with Gasteiger partial charge in [-0.2, -0.15) is 0 Å². The van der Waals surface area contributed by atoms with Crippen molar-refractivity contribution in [2.75, 3.05) is 6.61 Å². The van der Waals surface area contributed by atoms with Crippen molar-refractivity contribution in [1.82, 2.24) is 10.9 Å². The number of aryl methyl sites for hydroxylation is 1. The van der Waals surface area contributed by atoms with Gasteiger partial charge in [-0.3, -0.25) is 20.4 Å². The summed E-state index contributed by atoms with van der Waals surface area (Å²) in [5.74, 6) is 0.208. The Bertz CT molecular complexity index is 919. The van der Waals surface area contributed by atoms with E-state index < -0.39 is 11.8 Å². The molecule has 138 valence electrons. The maximum atomic E-state index is 12.0. The summed E-state index contributed by atoms with van der Waals surface area (Å²) in [5, 5.41) is 0.